The van der Waals surface area contributed by atoms with Gasteiger partial charge in [0, 0.05) is 17.5 Å². The molecule has 0 spiro atoms. The zero-order chi connectivity index (χ0) is 14.8. The van der Waals surface area contributed by atoms with Gasteiger partial charge in [-0.25, -0.2) is 4.98 Å². The summed E-state index contributed by atoms with van der Waals surface area (Å²) in [4.78, 5) is 4.81. The van der Waals surface area contributed by atoms with Crippen molar-refractivity contribution in [2.75, 3.05) is 17.7 Å². The Morgan fingerprint density at radius 3 is 2.40 bits per heavy atom. The highest BCUT2D eigenvalue weighted by Gasteiger charge is 2.24. The van der Waals surface area contributed by atoms with E-state index in [2.05, 4.69) is 43.7 Å². The number of aryl methyl sites for hydroxylation is 1. The molecule has 0 aliphatic heterocycles. The molecule has 1 aromatic carbocycles. The number of benzene rings is 1. The van der Waals surface area contributed by atoms with E-state index in [-0.39, 0.29) is 5.54 Å². The standard InChI is InChI=1S/C16H23N3S/c1-16(2,3)19-14(17)13(10-11-20-4)18-15(19)12-8-6-5-7-9-12/h5-9H,10-11,17H2,1-4H3. The first kappa shape index (κ1) is 15.0. The average molecular weight is 289 g/mol. The molecular weight excluding hydrogens is 266 g/mol. The maximum absolute atomic E-state index is 6.36. The molecule has 2 N–H and O–H groups in total. The predicted molar refractivity (Wildman–Crippen MR) is 89.2 cm³/mol. The van der Waals surface area contributed by atoms with Crippen molar-refractivity contribution in [3.8, 4) is 11.4 Å². The summed E-state index contributed by atoms with van der Waals surface area (Å²) in [5, 5.41) is 0. The number of nitrogen functional groups attached to an aromatic ring is 1. The first-order valence-electron chi connectivity index (χ1n) is 6.87. The second-order valence-corrected chi connectivity index (χ2v) is 6.87. The van der Waals surface area contributed by atoms with Gasteiger partial charge in [-0.05, 0) is 32.8 Å². The number of nitrogens with zero attached hydrogens (tertiary/aromatic N) is 2. The SMILES string of the molecule is CSCCc1nc(-c2ccccc2)n(C(C)(C)C)c1N. The molecule has 1 heterocycles. The van der Waals surface area contributed by atoms with Gasteiger partial charge in [-0.3, -0.25) is 0 Å². The van der Waals surface area contributed by atoms with Crippen LogP contribution in [0.4, 0.5) is 5.82 Å². The molecule has 0 bridgehead atoms. The Bertz CT molecular complexity index is 567. The number of aromatic nitrogens is 2. The topological polar surface area (TPSA) is 43.8 Å². The zero-order valence-electron chi connectivity index (χ0n) is 12.7. The van der Waals surface area contributed by atoms with Crippen LogP contribution in [0.2, 0.25) is 0 Å². The smallest absolute Gasteiger partial charge is 0.142 e. The molecule has 4 heteroatoms. The fourth-order valence-corrected chi connectivity index (χ4v) is 2.72. The highest BCUT2D eigenvalue weighted by Crippen LogP contribution is 2.31. The van der Waals surface area contributed by atoms with Crippen molar-refractivity contribution in [1.82, 2.24) is 9.55 Å². The molecule has 0 unspecified atom stereocenters. The van der Waals surface area contributed by atoms with Gasteiger partial charge in [-0.1, -0.05) is 30.3 Å². The quantitative estimate of drug-likeness (QED) is 0.931. The van der Waals surface area contributed by atoms with Crippen LogP contribution in [0.3, 0.4) is 0 Å². The predicted octanol–water partition coefficient (Wildman–Crippen LogP) is 3.79. The third kappa shape index (κ3) is 3.01. The van der Waals surface area contributed by atoms with Gasteiger partial charge in [-0.15, -0.1) is 0 Å². The molecule has 0 saturated heterocycles. The Morgan fingerprint density at radius 2 is 1.85 bits per heavy atom. The summed E-state index contributed by atoms with van der Waals surface area (Å²) in [7, 11) is 0. The fraction of sp³-hybridized carbons (Fsp3) is 0.438. The van der Waals surface area contributed by atoms with E-state index in [1.165, 1.54) is 0 Å². The molecule has 1 aromatic heterocycles. The lowest BCUT2D eigenvalue weighted by atomic mass is 10.1. The van der Waals surface area contributed by atoms with Gasteiger partial charge < -0.3 is 10.3 Å². The van der Waals surface area contributed by atoms with Crippen molar-refractivity contribution in [3.05, 3.63) is 36.0 Å². The van der Waals surface area contributed by atoms with Crippen molar-refractivity contribution in [2.45, 2.75) is 32.7 Å². The Hall–Kier alpha value is -1.42. The van der Waals surface area contributed by atoms with Gasteiger partial charge >= 0.3 is 0 Å². The van der Waals surface area contributed by atoms with Crippen molar-refractivity contribution in [2.24, 2.45) is 0 Å². The van der Waals surface area contributed by atoms with Crippen LogP contribution in [-0.4, -0.2) is 21.6 Å². The lowest BCUT2D eigenvalue weighted by molar-refractivity contribution is 0.406. The first-order valence-corrected chi connectivity index (χ1v) is 8.26. The van der Waals surface area contributed by atoms with Gasteiger partial charge in [0.25, 0.3) is 0 Å². The molecule has 108 valence electrons. The molecule has 3 nitrogen and oxygen atoms in total. The van der Waals surface area contributed by atoms with E-state index < -0.39 is 0 Å². The maximum Gasteiger partial charge on any atom is 0.142 e. The maximum atomic E-state index is 6.36. The van der Waals surface area contributed by atoms with Gasteiger partial charge in [0.2, 0.25) is 0 Å². The summed E-state index contributed by atoms with van der Waals surface area (Å²) in [6, 6.07) is 10.3. The Kier molecular flexibility index (Phi) is 4.43. The Balaban J connectivity index is 2.55. The van der Waals surface area contributed by atoms with Crippen LogP contribution in [0.5, 0.6) is 0 Å². The lowest BCUT2D eigenvalue weighted by Crippen LogP contribution is -2.24. The molecule has 0 amide bonds. The van der Waals surface area contributed by atoms with Crippen LogP contribution >= 0.6 is 11.8 Å². The minimum absolute atomic E-state index is 0.0835. The van der Waals surface area contributed by atoms with E-state index in [1.807, 2.05) is 30.0 Å². The van der Waals surface area contributed by atoms with Crippen LogP contribution in [0.1, 0.15) is 26.5 Å². The van der Waals surface area contributed by atoms with E-state index in [1.54, 1.807) is 0 Å². The molecule has 0 fully saturated rings. The molecule has 0 atom stereocenters. The van der Waals surface area contributed by atoms with Crippen LogP contribution in [0.25, 0.3) is 11.4 Å². The van der Waals surface area contributed by atoms with Crippen molar-refractivity contribution < 1.29 is 0 Å². The molecule has 0 saturated carbocycles. The van der Waals surface area contributed by atoms with Gasteiger partial charge in [0.05, 0.1) is 5.69 Å². The molecule has 0 aliphatic carbocycles. The molecular formula is C16H23N3S. The monoisotopic (exact) mass is 289 g/mol. The number of anilines is 1. The second kappa shape index (κ2) is 5.92. The average Bonchev–Trinajstić information content (AvgIpc) is 2.74. The summed E-state index contributed by atoms with van der Waals surface area (Å²) in [5.41, 5.74) is 8.40. The normalized spacial score (nSPS) is 11.8. The number of thioether (sulfide) groups is 1. The van der Waals surface area contributed by atoms with E-state index in [0.29, 0.717) is 0 Å². The molecule has 2 rings (SSSR count). The molecule has 0 radical (unpaired) electrons. The molecule has 2 aromatic rings. The van der Waals surface area contributed by atoms with Crippen molar-refractivity contribution >= 4 is 17.6 Å². The van der Waals surface area contributed by atoms with Crippen molar-refractivity contribution in [1.29, 1.82) is 0 Å². The summed E-state index contributed by atoms with van der Waals surface area (Å²) in [6.07, 6.45) is 3.02. The number of hydrogen-bond donors (Lipinski definition) is 1. The minimum atomic E-state index is -0.0835. The zero-order valence-corrected chi connectivity index (χ0v) is 13.5. The van der Waals surface area contributed by atoms with Crippen LogP contribution in [-0.2, 0) is 12.0 Å². The third-order valence-electron chi connectivity index (χ3n) is 3.24. The van der Waals surface area contributed by atoms with E-state index in [0.717, 1.165) is 35.1 Å². The highest BCUT2D eigenvalue weighted by molar-refractivity contribution is 7.98. The number of rotatable bonds is 4. The summed E-state index contributed by atoms with van der Waals surface area (Å²) < 4.78 is 2.15. The lowest BCUT2D eigenvalue weighted by Gasteiger charge is -2.25. The number of imidazole rings is 1. The summed E-state index contributed by atoms with van der Waals surface area (Å²) in [6.45, 7) is 6.49. The minimum Gasteiger partial charge on any atom is -0.384 e. The summed E-state index contributed by atoms with van der Waals surface area (Å²) >= 11 is 1.82. The number of hydrogen-bond acceptors (Lipinski definition) is 3. The first-order chi connectivity index (χ1) is 9.45. The molecule has 20 heavy (non-hydrogen) atoms. The van der Waals surface area contributed by atoms with E-state index in [9.17, 15) is 0 Å². The van der Waals surface area contributed by atoms with E-state index >= 15 is 0 Å². The van der Waals surface area contributed by atoms with Crippen LogP contribution in [0, 0.1) is 0 Å². The van der Waals surface area contributed by atoms with E-state index in [4.69, 9.17) is 10.7 Å². The van der Waals surface area contributed by atoms with Gasteiger partial charge in [-0.2, -0.15) is 11.8 Å². The third-order valence-corrected chi connectivity index (χ3v) is 3.85. The van der Waals surface area contributed by atoms with Crippen LogP contribution < -0.4 is 5.73 Å². The Morgan fingerprint density at radius 1 is 1.20 bits per heavy atom. The molecule has 0 aliphatic rings. The largest absolute Gasteiger partial charge is 0.384 e. The van der Waals surface area contributed by atoms with Crippen LogP contribution in [0.15, 0.2) is 30.3 Å². The Labute approximate surface area is 125 Å². The van der Waals surface area contributed by atoms with Gasteiger partial charge in [0.15, 0.2) is 0 Å². The number of nitrogens with two attached hydrogens (primary N) is 1. The second-order valence-electron chi connectivity index (χ2n) is 5.88. The highest BCUT2D eigenvalue weighted by atomic mass is 32.2. The summed E-state index contributed by atoms with van der Waals surface area (Å²) in [5.74, 6) is 2.80. The van der Waals surface area contributed by atoms with Crippen molar-refractivity contribution in [3.63, 3.8) is 0 Å². The fourth-order valence-electron chi connectivity index (χ4n) is 2.32. The van der Waals surface area contributed by atoms with Gasteiger partial charge in [0.1, 0.15) is 11.6 Å².